The second-order valence-corrected chi connectivity index (χ2v) is 8.93. The van der Waals surface area contributed by atoms with Crippen molar-refractivity contribution < 1.29 is 17.6 Å². The van der Waals surface area contributed by atoms with Gasteiger partial charge in [-0.25, -0.2) is 12.8 Å². The fourth-order valence-electron chi connectivity index (χ4n) is 4.45. The van der Waals surface area contributed by atoms with E-state index in [1.54, 1.807) is 29.2 Å². The summed E-state index contributed by atoms with van der Waals surface area (Å²) in [5.74, 6) is -0.701. The van der Waals surface area contributed by atoms with Gasteiger partial charge in [-0.05, 0) is 35.9 Å². The molecule has 1 saturated heterocycles. The monoisotopic (exact) mass is 408 g/mol. The molecule has 3 aromatic rings. The molecule has 2 heterocycles. The highest BCUT2D eigenvalue weighted by Crippen LogP contribution is 2.51. The first kappa shape index (κ1) is 18.0. The van der Waals surface area contributed by atoms with Crippen molar-refractivity contribution in [2.75, 3.05) is 13.1 Å². The van der Waals surface area contributed by atoms with Crippen LogP contribution in [0.4, 0.5) is 4.39 Å². The molecule has 0 radical (unpaired) electrons. The summed E-state index contributed by atoms with van der Waals surface area (Å²) in [5.41, 5.74) is 0.568. The van der Waals surface area contributed by atoms with Crippen molar-refractivity contribution in [2.24, 2.45) is 0 Å². The maximum atomic E-state index is 13.6. The number of hydrogen-bond acceptors (Lipinski definition) is 3. The number of benzene rings is 3. The fraction of sp³-hybridized carbons (Fsp3) is 0.136. The van der Waals surface area contributed by atoms with Gasteiger partial charge in [-0.3, -0.25) is 4.79 Å². The molecule has 5 rings (SSSR count). The van der Waals surface area contributed by atoms with Gasteiger partial charge >= 0.3 is 0 Å². The van der Waals surface area contributed by atoms with Crippen LogP contribution in [0.3, 0.4) is 0 Å². The average Bonchev–Trinajstić information content (AvgIpc) is 3.26. The minimum atomic E-state index is -4.01. The second-order valence-electron chi connectivity index (χ2n) is 7.07. The Morgan fingerprint density at radius 3 is 2.21 bits per heavy atom. The number of nitrogens with zero attached hydrogens (tertiary/aromatic N) is 2. The van der Waals surface area contributed by atoms with E-state index in [9.17, 15) is 17.6 Å². The number of sulfonamides is 1. The summed E-state index contributed by atoms with van der Waals surface area (Å²) in [6, 6.07) is 21.1. The Hall–Kier alpha value is -3.03. The lowest BCUT2D eigenvalue weighted by Crippen LogP contribution is -2.51. The lowest BCUT2D eigenvalue weighted by molar-refractivity contribution is 0.0618. The van der Waals surface area contributed by atoms with Gasteiger partial charge in [0.1, 0.15) is 5.82 Å². The van der Waals surface area contributed by atoms with E-state index < -0.39 is 21.5 Å². The zero-order chi connectivity index (χ0) is 20.2. The number of rotatable bonds is 3. The van der Waals surface area contributed by atoms with Gasteiger partial charge in [0.15, 0.2) is 5.66 Å². The summed E-state index contributed by atoms with van der Waals surface area (Å²) in [4.78, 5) is 14.8. The average molecular weight is 408 g/mol. The summed E-state index contributed by atoms with van der Waals surface area (Å²) in [5, 5.41) is 0. The maximum Gasteiger partial charge on any atom is 0.256 e. The summed E-state index contributed by atoms with van der Waals surface area (Å²) in [6.07, 6.45) is 0. The quantitative estimate of drug-likeness (QED) is 0.669. The molecule has 0 aromatic heterocycles. The number of amides is 1. The molecule has 29 heavy (non-hydrogen) atoms. The highest BCUT2D eigenvalue weighted by atomic mass is 32.2. The zero-order valence-electron chi connectivity index (χ0n) is 15.3. The summed E-state index contributed by atoms with van der Waals surface area (Å²) in [6.45, 7) is 0.414. The normalized spacial score (nSPS) is 21.3. The molecule has 1 fully saturated rings. The molecule has 0 N–H and O–H groups in total. The lowest BCUT2D eigenvalue weighted by Gasteiger charge is -2.39. The third-order valence-electron chi connectivity index (χ3n) is 5.63. The van der Waals surface area contributed by atoms with Gasteiger partial charge in [-0.2, -0.15) is 4.31 Å². The van der Waals surface area contributed by atoms with Gasteiger partial charge in [0.25, 0.3) is 5.91 Å². The van der Waals surface area contributed by atoms with Crippen LogP contribution in [0.15, 0.2) is 83.8 Å². The Morgan fingerprint density at radius 2 is 1.48 bits per heavy atom. The minimum Gasteiger partial charge on any atom is -0.310 e. The first-order valence-corrected chi connectivity index (χ1v) is 10.7. The van der Waals surface area contributed by atoms with E-state index in [4.69, 9.17) is 0 Å². The molecule has 0 spiro atoms. The molecular weight excluding hydrogens is 391 g/mol. The third kappa shape index (κ3) is 2.34. The van der Waals surface area contributed by atoms with Crippen LogP contribution in [0, 0.1) is 5.82 Å². The lowest BCUT2D eigenvalue weighted by atomic mass is 9.91. The first-order valence-electron chi connectivity index (χ1n) is 9.23. The van der Waals surface area contributed by atoms with Crippen LogP contribution in [0.2, 0.25) is 0 Å². The van der Waals surface area contributed by atoms with E-state index in [1.165, 1.54) is 16.4 Å². The second kappa shape index (κ2) is 6.23. The number of halogens is 1. The van der Waals surface area contributed by atoms with Crippen LogP contribution in [0.1, 0.15) is 21.5 Å². The molecule has 2 aliphatic rings. The Morgan fingerprint density at radius 1 is 0.828 bits per heavy atom. The largest absolute Gasteiger partial charge is 0.310 e. The molecule has 1 amide bonds. The summed E-state index contributed by atoms with van der Waals surface area (Å²) >= 11 is 0. The van der Waals surface area contributed by atoms with E-state index in [-0.39, 0.29) is 23.9 Å². The molecule has 1 unspecified atom stereocenters. The zero-order valence-corrected chi connectivity index (χ0v) is 16.1. The molecule has 0 saturated carbocycles. The highest BCUT2D eigenvalue weighted by Gasteiger charge is 2.61. The number of fused-ring (bicyclic) bond motifs is 3. The van der Waals surface area contributed by atoms with Crippen molar-refractivity contribution in [3.05, 3.63) is 101 Å². The predicted molar refractivity (Wildman–Crippen MR) is 105 cm³/mol. The van der Waals surface area contributed by atoms with Crippen molar-refractivity contribution in [2.45, 2.75) is 10.6 Å². The topological polar surface area (TPSA) is 57.7 Å². The van der Waals surface area contributed by atoms with E-state index >= 15 is 0 Å². The fourth-order valence-corrected chi connectivity index (χ4v) is 6.16. The van der Waals surface area contributed by atoms with Gasteiger partial charge in [-0.15, -0.1) is 0 Å². The summed E-state index contributed by atoms with van der Waals surface area (Å²) in [7, 11) is -4.01. The first-order chi connectivity index (χ1) is 14.0. The van der Waals surface area contributed by atoms with Crippen LogP contribution < -0.4 is 0 Å². The molecular formula is C22H17FN2O3S. The van der Waals surface area contributed by atoms with Crippen molar-refractivity contribution in [3.63, 3.8) is 0 Å². The van der Waals surface area contributed by atoms with Gasteiger partial charge in [-0.1, -0.05) is 48.5 Å². The number of carbonyl (C=O) groups excluding carboxylic acids is 1. The van der Waals surface area contributed by atoms with Gasteiger partial charge < -0.3 is 4.90 Å². The molecule has 3 aromatic carbocycles. The Bertz CT molecular complexity index is 1210. The van der Waals surface area contributed by atoms with Crippen molar-refractivity contribution in [1.82, 2.24) is 9.21 Å². The Balaban J connectivity index is 1.80. The number of carbonyl (C=O) groups is 1. The van der Waals surface area contributed by atoms with Crippen LogP contribution in [0.25, 0.3) is 0 Å². The molecule has 146 valence electrons. The van der Waals surface area contributed by atoms with Crippen LogP contribution >= 0.6 is 0 Å². The van der Waals surface area contributed by atoms with Crippen molar-refractivity contribution >= 4 is 15.9 Å². The molecule has 1 atom stereocenters. The molecule has 0 aliphatic carbocycles. The van der Waals surface area contributed by atoms with Crippen LogP contribution in [-0.2, 0) is 15.7 Å². The molecule has 7 heteroatoms. The Kier molecular flexibility index (Phi) is 3.88. The van der Waals surface area contributed by atoms with E-state index in [0.717, 1.165) is 12.1 Å². The van der Waals surface area contributed by atoms with Gasteiger partial charge in [0.05, 0.1) is 4.90 Å². The van der Waals surface area contributed by atoms with E-state index in [1.807, 2.05) is 30.3 Å². The molecule has 0 bridgehead atoms. The predicted octanol–water partition coefficient (Wildman–Crippen LogP) is 3.19. The highest BCUT2D eigenvalue weighted by molar-refractivity contribution is 7.89. The SMILES string of the molecule is O=C1c2ccccc2C2(c3ccccc3)N1CCN2S(=O)(=O)c1ccc(F)cc1. The standard InChI is InChI=1S/C22H17FN2O3S/c23-17-10-12-18(13-11-17)29(27,28)25-15-14-24-21(26)19-8-4-5-9-20(19)22(24,25)16-6-2-1-3-7-16/h1-13H,14-15H2. The Labute approximate surface area is 168 Å². The maximum absolute atomic E-state index is 13.6. The van der Waals surface area contributed by atoms with E-state index in [0.29, 0.717) is 16.7 Å². The molecule has 5 nitrogen and oxygen atoms in total. The third-order valence-corrected chi connectivity index (χ3v) is 7.53. The summed E-state index contributed by atoms with van der Waals surface area (Å²) < 4.78 is 42.1. The van der Waals surface area contributed by atoms with Crippen LogP contribution in [0.5, 0.6) is 0 Å². The van der Waals surface area contributed by atoms with Crippen molar-refractivity contribution in [3.8, 4) is 0 Å². The van der Waals surface area contributed by atoms with E-state index in [2.05, 4.69) is 0 Å². The van der Waals surface area contributed by atoms with Gasteiger partial charge in [0.2, 0.25) is 10.0 Å². The minimum absolute atomic E-state index is 0.00659. The van der Waals surface area contributed by atoms with Crippen LogP contribution in [-0.4, -0.2) is 36.6 Å². The van der Waals surface area contributed by atoms with Crippen molar-refractivity contribution in [1.29, 1.82) is 0 Å². The molecule has 2 aliphatic heterocycles. The number of hydrogen-bond donors (Lipinski definition) is 0. The van der Waals surface area contributed by atoms with Gasteiger partial charge in [0, 0.05) is 24.2 Å². The smallest absolute Gasteiger partial charge is 0.256 e.